The Kier molecular flexibility index (Phi) is 3.16. The van der Waals surface area contributed by atoms with Crippen molar-refractivity contribution < 1.29 is 15.0 Å². The van der Waals surface area contributed by atoms with Crippen LogP contribution in [0.1, 0.15) is 16.1 Å². The van der Waals surface area contributed by atoms with Gasteiger partial charge in [-0.3, -0.25) is 0 Å². The van der Waals surface area contributed by atoms with Crippen molar-refractivity contribution in [2.24, 2.45) is 0 Å². The molecule has 17 heavy (non-hydrogen) atoms. The highest BCUT2D eigenvalue weighted by atomic mass is 16.4. The fraction of sp³-hybridized carbons (Fsp3) is 0.0769. The maximum Gasteiger partial charge on any atom is 0.354 e. The molecule has 2 rings (SSSR count). The summed E-state index contributed by atoms with van der Waals surface area (Å²) in [6.07, 6.45) is 0. The van der Waals surface area contributed by atoms with E-state index in [1.54, 1.807) is 36.4 Å². The Morgan fingerprint density at radius 2 is 1.82 bits per heavy atom. The van der Waals surface area contributed by atoms with Gasteiger partial charge < -0.3 is 10.2 Å². The summed E-state index contributed by atoms with van der Waals surface area (Å²) >= 11 is 0. The van der Waals surface area contributed by atoms with E-state index >= 15 is 0 Å². The van der Waals surface area contributed by atoms with E-state index in [2.05, 4.69) is 4.98 Å². The van der Waals surface area contributed by atoms with Gasteiger partial charge in [-0.25, -0.2) is 9.78 Å². The van der Waals surface area contributed by atoms with Crippen molar-refractivity contribution in [1.29, 1.82) is 0 Å². The number of aromatic nitrogens is 1. The summed E-state index contributed by atoms with van der Waals surface area (Å²) in [6, 6.07) is 12.0. The van der Waals surface area contributed by atoms with E-state index in [0.717, 1.165) is 11.1 Å². The van der Waals surface area contributed by atoms with E-state index in [0.29, 0.717) is 5.69 Å². The number of pyridine rings is 1. The lowest BCUT2D eigenvalue weighted by Crippen LogP contribution is -2.00. The maximum atomic E-state index is 10.8. The highest BCUT2D eigenvalue weighted by molar-refractivity contribution is 5.86. The second-order valence-corrected chi connectivity index (χ2v) is 3.57. The first-order valence-corrected chi connectivity index (χ1v) is 5.11. The highest BCUT2D eigenvalue weighted by Crippen LogP contribution is 2.18. The van der Waals surface area contributed by atoms with Crippen molar-refractivity contribution in [2.45, 2.75) is 6.61 Å². The number of aromatic carboxylic acids is 1. The summed E-state index contributed by atoms with van der Waals surface area (Å²) in [4.78, 5) is 14.8. The average Bonchev–Trinajstić information content (AvgIpc) is 2.39. The zero-order valence-corrected chi connectivity index (χ0v) is 9.00. The molecule has 2 N–H and O–H groups in total. The molecule has 0 saturated heterocycles. The lowest BCUT2D eigenvalue weighted by atomic mass is 10.1. The largest absolute Gasteiger partial charge is 0.477 e. The summed E-state index contributed by atoms with van der Waals surface area (Å²) in [5.41, 5.74) is 2.26. The van der Waals surface area contributed by atoms with Crippen molar-refractivity contribution in [3.63, 3.8) is 0 Å². The molecule has 86 valence electrons. The third-order valence-electron chi connectivity index (χ3n) is 2.40. The van der Waals surface area contributed by atoms with Gasteiger partial charge in [-0.2, -0.15) is 0 Å². The number of rotatable bonds is 3. The average molecular weight is 229 g/mol. The summed E-state index contributed by atoms with van der Waals surface area (Å²) < 4.78 is 0. The number of hydrogen-bond donors (Lipinski definition) is 2. The standard InChI is InChI=1S/C13H11NO3/c15-8-9-4-6-10(7-5-9)11-2-1-3-12(14-11)13(16)17/h1-7,15H,8H2,(H,16,17). The first kappa shape index (κ1) is 11.3. The van der Waals surface area contributed by atoms with E-state index in [9.17, 15) is 4.79 Å². The normalized spacial score (nSPS) is 10.2. The summed E-state index contributed by atoms with van der Waals surface area (Å²) in [5, 5.41) is 17.8. The molecule has 0 bridgehead atoms. The third kappa shape index (κ3) is 2.49. The molecule has 0 saturated carbocycles. The molecular weight excluding hydrogens is 218 g/mol. The predicted octanol–water partition coefficient (Wildman–Crippen LogP) is 1.94. The first-order valence-electron chi connectivity index (χ1n) is 5.11. The van der Waals surface area contributed by atoms with Crippen molar-refractivity contribution in [1.82, 2.24) is 4.98 Å². The minimum absolute atomic E-state index is 0.0110. The van der Waals surface area contributed by atoms with Crippen LogP contribution in [0.25, 0.3) is 11.3 Å². The molecule has 4 nitrogen and oxygen atoms in total. The number of nitrogens with zero attached hydrogens (tertiary/aromatic N) is 1. The molecule has 4 heteroatoms. The van der Waals surface area contributed by atoms with E-state index in [-0.39, 0.29) is 12.3 Å². The van der Waals surface area contributed by atoms with Gasteiger partial charge in [-0.05, 0) is 17.7 Å². The first-order chi connectivity index (χ1) is 8.20. The van der Waals surface area contributed by atoms with Gasteiger partial charge in [0.25, 0.3) is 0 Å². The number of carboxylic acid groups (broad SMARTS) is 1. The van der Waals surface area contributed by atoms with Crippen LogP contribution < -0.4 is 0 Å². The second-order valence-electron chi connectivity index (χ2n) is 3.57. The van der Waals surface area contributed by atoms with Crippen molar-refractivity contribution in [2.75, 3.05) is 0 Å². The van der Waals surface area contributed by atoms with Crippen LogP contribution in [0.3, 0.4) is 0 Å². The zero-order valence-electron chi connectivity index (χ0n) is 9.00. The quantitative estimate of drug-likeness (QED) is 0.843. The van der Waals surface area contributed by atoms with E-state index in [1.807, 2.05) is 0 Å². The van der Waals surface area contributed by atoms with Gasteiger partial charge in [0.1, 0.15) is 5.69 Å². The SMILES string of the molecule is O=C(O)c1cccc(-c2ccc(CO)cc2)n1. The Labute approximate surface area is 98.2 Å². The fourth-order valence-electron chi connectivity index (χ4n) is 1.50. The van der Waals surface area contributed by atoms with Gasteiger partial charge in [0.2, 0.25) is 0 Å². The summed E-state index contributed by atoms with van der Waals surface area (Å²) in [6.45, 7) is -0.0110. The fourth-order valence-corrected chi connectivity index (χ4v) is 1.50. The Morgan fingerprint density at radius 1 is 1.12 bits per heavy atom. The Morgan fingerprint density at radius 3 is 2.41 bits per heavy atom. The van der Waals surface area contributed by atoms with Crippen LogP contribution in [0.4, 0.5) is 0 Å². The Bertz CT molecular complexity index is 535. The monoisotopic (exact) mass is 229 g/mol. The molecule has 0 aliphatic heterocycles. The zero-order chi connectivity index (χ0) is 12.3. The van der Waals surface area contributed by atoms with Crippen LogP contribution in [-0.4, -0.2) is 21.2 Å². The maximum absolute atomic E-state index is 10.8. The lowest BCUT2D eigenvalue weighted by molar-refractivity contribution is 0.0690. The number of carbonyl (C=O) groups is 1. The molecular formula is C13H11NO3. The molecule has 0 aliphatic carbocycles. The topological polar surface area (TPSA) is 70.4 Å². The van der Waals surface area contributed by atoms with E-state index < -0.39 is 5.97 Å². The van der Waals surface area contributed by atoms with Crippen LogP contribution in [0, 0.1) is 0 Å². The summed E-state index contributed by atoms with van der Waals surface area (Å²) in [5.74, 6) is -1.04. The summed E-state index contributed by atoms with van der Waals surface area (Å²) in [7, 11) is 0. The minimum atomic E-state index is -1.04. The number of hydrogen-bond acceptors (Lipinski definition) is 3. The van der Waals surface area contributed by atoms with Crippen LogP contribution in [-0.2, 0) is 6.61 Å². The molecule has 1 aromatic heterocycles. The van der Waals surface area contributed by atoms with Crippen molar-refractivity contribution >= 4 is 5.97 Å². The number of aliphatic hydroxyl groups excluding tert-OH is 1. The van der Waals surface area contributed by atoms with Gasteiger partial charge >= 0.3 is 5.97 Å². The van der Waals surface area contributed by atoms with Gasteiger partial charge in [-0.1, -0.05) is 30.3 Å². The Hall–Kier alpha value is -2.20. The lowest BCUT2D eigenvalue weighted by Gasteiger charge is -2.03. The van der Waals surface area contributed by atoms with Crippen LogP contribution >= 0.6 is 0 Å². The molecule has 0 aliphatic rings. The molecule has 1 aromatic carbocycles. The van der Waals surface area contributed by atoms with Gasteiger partial charge in [-0.15, -0.1) is 0 Å². The van der Waals surface area contributed by atoms with Crippen LogP contribution in [0.2, 0.25) is 0 Å². The molecule has 0 radical (unpaired) electrons. The van der Waals surface area contributed by atoms with Crippen molar-refractivity contribution in [3.8, 4) is 11.3 Å². The number of aliphatic hydroxyl groups is 1. The molecule has 2 aromatic rings. The molecule has 0 unspecified atom stereocenters. The van der Waals surface area contributed by atoms with Crippen LogP contribution in [0.5, 0.6) is 0 Å². The van der Waals surface area contributed by atoms with Gasteiger partial charge in [0.05, 0.1) is 12.3 Å². The smallest absolute Gasteiger partial charge is 0.354 e. The molecule has 1 heterocycles. The van der Waals surface area contributed by atoms with Crippen molar-refractivity contribution in [3.05, 3.63) is 53.7 Å². The Balaban J connectivity index is 2.38. The number of benzene rings is 1. The van der Waals surface area contributed by atoms with E-state index in [4.69, 9.17) is 10.2 Å². The molecule has 0 atom stereocenters. The van der Waals surface area contributed by atoms with Crippen LogP contribution in [0.15, 0.2) is 42.5 Å². The minimum Gasteiger partial charge on any atom is -0.477 e. The number of carboxylic acids is 1. The molecule has 0 fully saturated rings. The second kappa shape index (κ2) is 4.76. The predicted molar refractivity (Wildman–Crippen MR) is 62.6 cm³/mol. The van der Waals surface area contributed by atoms with Gasteiger partial charge in [0.15, 0.2) is 0 Å². The third-order valence-corrected chi connectivity index (χ3v) is 2.40. The highest BCUT2D eigenvalue weighted by Gasteiger charge is 2.06. The molecule has 0 spiro atoms. The van der Waals surface area contributed by atoms with E-state index in [1.165, 1.54) is 6.07 Å². The van der Waals surface area contributed by atoms with Gasteiger partial charge in [0, 0.05) is 5.56 Å². The molecule has 0 amide bonds.